The van der Waals surface area contributed by atoms with Gasteiger partial charge in [0.15, 0.2) is 6.61 Å². The highest BCUT2D eigenvalue weighted by molar-refractivity contribution is 5.96. The van der Waals surface area contributed by atoms with Gasteiger partial charge in [0.05, 0.1) is 6.20 Å². The molecule has 0 aliphatic heterocycles. The van der Waals surface area contributed by atoms with Gasteiger partial charge in [-0.05, 0) is 55.8 Å². The van der Waals surface area contributed by atoms with Crippen LogP contribution in [0.4, 0.5) is 13.2 Å². The van der Waals surface area contributed by atoms with E-state index in [0.717, 1.165) is 48.4 Å². The molecule has 0 atom stereocenters. The molecule has 4 aliphatic rings. The van der Waals surface area contributed by atoms with Gasteiger partial charge >= 0.3 is 12.1 Å². The Bertz CT molecular complexity index is 749. The van der Waals surface area contributed by atoms with Crippen molar-refractivity contribution < 1.29 is 32.6 Å². The molecule has 10 heteroatoms. The molecule has 0 spiro atoms. The van der Waals surface area contributed by atoms with E-state index in [1.54, 1.807) is 0 Å². The van der Waals surface area contributed by atoms with Crippen LogP contribution in [0.25, 0.3) is 0 Å². The number of hydrogen-bond donors (Lipinski definition) is 2. The zero-order valence-corrected chi connectivity index (χ0v) is 15.1. The summed E-state index contributed by atoms with van der Waals surface area (Å²) in [6, 6.07) is -0.00131. The Labute approximate surface area is 159 Å². The Kier molecular flexibility index (Phi) is 4.75. The number of carbonyl (C=O) groups is 2. The number of halogens is 3. The quantitative estimate of drug-likeness (QED) is 0.764. The van der Waals surface area contributed by atoms with Gasteiger partial charge in [-0.3, -0.25) is 9.59 Å². The number of carboxylic acid groups (broad SMARTS) is 1. The van der Waals surface area contributed by atoms with Crippen LogP contribution in [0.1, 0.15) is 42.5 Å². The molecule has 1 aromatic heterocycles. The van der Waals surface area contributed by atoms with E-state index < -0.39 is 37.1 Å². The normalized spacial score (nSPS) is 31.0. The van der Waals surface area contributed by atoms with Crippen LogP contribution in [-0.2, 0) is 11.3 Å². The molecular formula is C18H22F3N3O4. The number of hydrogen-bond acceptors (Lipinski definition) is 4. The molecular weight excluding hydrogens is 379 g/mol. The maximum Gasteiger partial charge on any atom is 0.422 e. The van der Waals surface area contributed by atoms with Crippen molar-refractivity contribution in [2.45, 2.75) is 50.9 Å². The molecule has 2 N–H and O–H groups in total. The minimum atomic E-state index is -4.62. The Hall–Kier alpha value is -2.26. The van der Waals surface area contributed by atoms with Crippen LogP contribution in [-0.4, -0.2) is 45.6 Å². The maximum atomic E-state index is 12.8. The molecule has 5 rings (SSSR count). The summed E-state index contributed by atoms with van der Waals surface area (Å²) in [6.07, 6.45) is 2.03. The van der Waals surface area contributed by atoms with Crippen molar-refractivity contribution in [1.82, 2.24) is 15.1 Å². The van der Waals surface area contributed by atoms with Crippen LogP contribution in [0, 0.1) is 23.7 Å². The number of nitrogens with one attached hydrogen (secondary N) is 1. The van der Waals surface area contributed by atoms with E-state index in [1.165, 1.54) is 6.42 Å². The predicted octanol–water partition coefficient (Wildman–Crippen LogP) is 2.46. The Morgan fingerprint density at radius 3 is 2.32 bits per heavy atom. The number of carbonyl (C=O) groups excluding carboxylic acids is 1. The third kappa shape index (κ3) is 3.81. The van der Waals surface area contributed by atoms with Crippen LogP contribution in [0.5, 0.6) is 5.88 Å². The summed E-state index contributed by atoms with van der Waals surface area (Å²) < 4.78 is 43.2. The standard InChI is InChI=1S/C18H22F3N3O4/c19-18(20,21)8-28-17-13(6-22-24(17)7-14(25)26)16(27)23-15-11-2-9-1-10(4-11)5-12(15)3-9/h6,9-12,15H,1-5,7-8H2,(H,23,27)(H,25,26). The minimum absolute atomic E-state index is 0.00131. The number of ether oxygens (including phenoxy) is 1. The van der Waals surface area contributed by atoms with Gasteiger partial charge in [-0.1, -0.05) is 0 Å². The predicted molar refractivity (Wildman–Crippen MR) is 89.7 cm³/mol. The molecule has 0 saturated heterocycles. The molecule has 0 aromatic carbocycles. The monoisotopic (exact) mass is 401 g/mol. The highest BCUT2D eigenvalue weighted by Crippen LogP contribution is 2.53. The smallest absolute Gasteiger partial charge is 0.422 e. The van der Waals surface area contributed by atoms with Gasteiger partial charge in [-0.15, -0.1) is 0 Å². The van der Waals surface area contributed by atoms with E-state index in [4.69, 9.17) is 9.84 Å². The summed E-state index contributed by atoms with van der Waals surface area (Å²) in [5.74, 6) is -0.0952. The van der Waals surface area contributed by atoms with E-state index in [9.17, 15) is 22.8 Å². The first-order chi connectivity index (χ1) is 13.2. The van der Waals surface area contributed by atoms with Crippen molar-refractivity contribution in [1.29, 1.82) is 0 Å². The van der Waals surface area contributed by atoms with Gasteiger partial charge in [-0.2, -0.15) is 18.3 Å². The van der Waals surface area contributed by atoms with Crippen molar-refractivity contribution in [2.75, 3.05) is 6.61 Å². The van der Waals surface area contributed by atoms with Gasteiger partial charge in [-0.25, -0.2) is 4.68 Å². The second-order valence-corrected chi connectivity index (χ2v) is 8.25. The van der Waals surface area contributed by atoms with Crippen molar-refractivity contribution in [2.24, 2.45) is 23.7 Å². The van der Waals surface area contributed by atoms with Crippen LogP contribution < -0.4 is 10.1 Å². The number of carboxylic acids is 1. The largest absolute Gasteiger partial charge is 0.480 e. The van der Waals surface area contributed by atoms with Gasteiger partial charge in [0.1, 0.15) is 12.1 Å². The first-order valence-electron chi connectivity index (χ1n) is 9.47. The Balaban J connectivity index is 1.51. The summed E-state index contributed by atoms with van der Waals surface area (Å²) >= 11 is 0. The molecule has 154 valence electrons. The fourth-order valence-electron chi connectivity index (χ4n) is 5.46. The molecule has 0 unspecified atom stereocenters. The Morgan fingerprint density at radius 1 is 1.18 bits per heavy atom. The topological polar surface area (TPSA) is 93.5 Å². The zero-order valence-electron chi connectivity index (χ0n) is 15.1. The summed E-state index contributed by atoms with van der Waals surface area (Å²) in [5, 5.41) is 15.7. The minimum Gasteiger partial charge on any atom is -0.480 e. The van der Waals surface area contributed by atoms with E-state index >= 15 is 0 Å². The molecule has 28 heavy (non-hydrogen) atoms. The number of nitrogens with zero attached hydrogens (tertiary/aromatic N) is 2. The number of aromatic nitrogens is 2. The van der Waals surface area contributed by atoms with Gasteiger partial charge in [0.25, 0.3) is 5.91 Å². The molecule has 4 bridgehead atoms. The second kappa shape index (κ2) is 6.97. The lowest BCUT2D eigenvalue weighted by Gasteiger charge is -2.54. The Morgan fingerprint density at radius 2 is 1.79 bits per heavy atom. The van der Waals surface area contributed by atoms with Crippen molar-refractivity contribution in [3.63, 3.8) is 0 Å². The van der Waals surface area contributed by atoms with Crippen LogP contribution in [0.15, 0.2) is 6.20 Å². The number of aliphatic carboxylic acids is 1. The third-order valence-corrected chi connectivity index (χ3v) is 6.22. The highest BCUT2D eigenvalue weighted by Gasteiger charge is 2.48. The molecule has 4 saturated carbocycles. The fraction of sp³-hybridized carbons (Fsp3) is 0.722. The lowest BCUT2D eigenvalue weighted by molar-refractivity contribution is -0.154. The molecule has 1 amide bonds. The summed E-state index contributed by atoms with van der Waals surface area (Å²) in [6.45, 7) is -2.32. The molecule has 7 nitrogen and oxygen atoms in total. The van der Waals surface area contributed by atoms with E-state index in [-0.39, 0.29) is 11.6 Å². The summed E-state index contributed by atoms with van der Waals surface area (Å²) in [5.41, 5.74) is -0.167. The summed E-state index contributed by atoms with van der Waals surface area (Å²) in [4.78, 5) is 23.8. The lowest BCUT2D eigenvalue weighted by Crippen LogP contribution is -2.55. The van der Waals surface area contributed by atoms with Crippen molar-refractivity contribution in [3.05, 3.63) is 11.8 Å². The third-order valence-electron chi connectivity index (χ3n) is 6.22. The first-order valence-corrected chi connectivity index (χ1v) is 9.47. The first kappa shape index (κ1) is 19.1. The SMILES string of the molecule is O=C(O)Cn1ncc(C(=O)NC2C3CC4CC(C3)CC2C4)c1OCC(F)(F)F. The number of alkyl halides is 3. The van der Waals surface area contributed by atoms with Gasteiger partial charge < -0.3 is 15.2 Å². The second-order valence-electron chi connectivity index (χ2n) is 8.25. The molecule has 1 heterocycles. The van der Waals surface area contributed by atoms with Crippen LogP contribution in [0.2, 0.25) is 0 Å². The summed E-state index contributed by atoms with van der Waals surface area (Å²) in [7, 11) is 0. The number of amides is 1. The van der Waals surface area contributed by atoms with Crippen LogP contribution in [0.3, 0.4) is 0 Å². The molecule has 0 radical (unpaired) electrons. The fourth-order valence-corrected chi connectivity index (χ4v) is 5.46. The molecule has 4 aliphatic carbocycles. The highest BCUT2D eigenvalue weighted by atomic mass is 19.4. The lowest BCUT2D eigenvalue weighted by atomic mass is 9.54. The van der Waals surface area contributed by atoms with E-state index in [1.807, 2.05) is 0 Å². The van der Waals surface area contributed by atoms with Crippen molar-refractivity contribution >= 4 is 11.9 Å². The average molecular weight is 401 g/mol. The van der Waals surface area contributed by atoms with Gasteiger partial charge in [0, 0.05) is 6.04 Å². The number of rotatable bonds is 6. The van der Waals surface area contributed by atoms with Crippen molar-refractivity contribution in [3.8, 4) is 5.88 Å². The molecule has 4 fully saturated rings. The van der Waals surface area contributed by atoms with E-state index in [0.29, 0.717) is 11.8 Å². The van der Waals surface area contributed by atoms with Gasteiger partial charge in [0.2, 0.25) is 5.88 Å². The maximum absolute atomic E-state index is 12.8. The van der Waals surface area contributed by atoms with Crippen LogP contribution >= 0.6 is 0 Å². The van der Waals surface area contributed by atoms with E-state index in [2.05, 4.69) is 10.4 Å². The zero-order chi connectivity index (χ0) is 20.1. The average Bonchev–Trinajstić information content (AvgIpc) is 2.97. The molecule has 1 aromatic rings.